The van der Waals surface area contributed by atoms with Crippen LogP contribution in [0.5, 0.6) is 0 Å². The number of pyridine rings is 1. The molecule has 0 aliphatic heterocycles. The molecule has 0 aliphatic rings. The Hall–Kier alpha value is -2.76. The molecule has 1 atom stereocenters. The molecule has 24 heavy (non-hydrogen) atoms. The zero-order valence-electron chi connectivity index (χ0n) is 13.6. The van der Waals surface area contributed by atoms with Crippen LogP contribution in [-0.4, -0.2) is 29.5 Å². The van der Waals surface area contributed by atoms with Crippen LogP contribution in [0.2, 0.25) is 0 Å². The molecule has 5 nitrogen and oxygen atoms in total. The first-order valence-corrected chi connectivity index (χ1v) is 7.68. The van der Waals surface area contributed by atoms with Crippen LogP contribution >= 0.6 is 0 Å². The van der Waals surface area contributed by atoms with Gasteiger partial charge in [0.15, 0.2) is 0 Å². The monoisotopic (exact) mass is 330 g/mol. The number of carbonyl (C=O) groups is 2. The maximum Gasteiger partial charge on any atom is 0.307 e. The van der Waals surface area contributed by atoms with E-state index in [1.54, 1.807) is 38.1 Å². The quantitative estimate of drug-likeness (QED) is 0.827. The van der Waals surface area contributed by atoms with E-state index in [4.69, 9.17) is 4.74 Å². The topological polar surface area (TPSA) is 68.3 Å². The Morgan fingerprint density at radius 3 is 2.71 bits per heavy atom. The van der Waals surface area contributed by atoms with Crippen molar-refractivity contribution in [3.05, 3.63) is 54.0 Å². The van der Waals surface area contributed by atoms with E-state index in [1.165, 1.54) is 18.3 Å². The number of hydrogen-bond donors (Lipinski definition) is 1. The molecule has 0 spiro atoms. The second-order valence-electron chi connectivity index (χ2n) is 5.33. The van der Waals surface area contributed by atoms with E-state index >= 15 is 0 Å². The van der Waals surface area contributed by atoms with Crippen LogP contribution < -0.4 is 5.32 Å². The first-order valence-electron chi connectivity index (χ1n) is 7.68. The second-order valence-corrected chi connectivity index (χ2v) is 5.33. The van der Waals surface area contributed by atoms with Crippen molar-refractivity contribution in [2.45, 2.75) is 26.3 Å². The number of nitrogens with zero attached hydrogens (tertiary/aromatic N) is 1. The zero-order valence-corrected chi connectivity index (χ0v) is 13.6. The number of hydrogen-bond acceptors (Lipinski definition) is 4. The van der Waals surface area contributed by atoms with Crippen molar-refractivity contribution in [1.29, 1.82) is 0 Å². The smallest absolute Gasteiger partial charge is 0.307 e. The van der Waals surface area contributed by atoms with E-state index < -0.39 is 0 Å². The van der Waals surface area contributed by atoms with Gasteiger partial charge < -0.3 is 10.1 Å². The number of ether oxygens (including phenoxy) is 1. The zero-order chi connectivity index (χ0) is 17.5. The molecular weight excluding hydrogens is 311 g/mol. The van der Waals surface area contributed by atoms with Gasteiger partial charge in [-0.25, -0.2) is 4.39 Å². The minimum atomic E-state index is -0.357. The minimum absolute atomic E-state index is 0.106. The van der Waals surface area contributed by atoms with E-state index in [1.807, 2.05) is 0 Å². The Morgan fingerprint density at radius 2 is 2.08 bits per heavy atom. The summed E-state index contributed by atoms with van der Waals surface area (Å²) in [5, 5.41) is 2.71. The Bertz CT molecular complexity index is 716. The lowest BCUT2D eigenvalue weighted by Gasteiger charge is -2.13. The lowest BCUT2D eigenvalue weighted by molar-refractivity contribution is -0.143. The molecule has 0 fully saturated rings. The number of carbonyl (C=O) groups excluding carboxylic acids is 2. The number of aromatic nitrogens is 1. The van der Waals surface area contributed by atoms with Crippen molar-refractivity contribution >= 4 is 11.9 Å². The van der Waals surface area contributed by atoms with Crippen LogP contribution in [0.1, 0.15) is 30.6 Å². The van der Waals surface area contributed by atoms with Crippen LogP contribution in [0.25, 0.3) is 11.3 Å². The van der Waals surface area contributed by atoms with Gasteiger partial charge in [-0.1, -0.05) is 12.1 Å². The highest BCUT2D eigenvalue weighted by Gasteiger charge is 2.14. The van der Waals surface area contributed by atoms with E-state index in [0.29, 0.717) is 23.4 Å². The summed E-state index contributed by atoms with van der Waals surface area (Å²) in [5.74, 6) is -1.03. The van der Waals surface area contributed by atoms with E-state index in [9.17, 15) is 14.0 Å². The molecule has 2 aromatic rings. The molecular formula is C18H19FN2O3. The van der Waals surface area contributed by atoms with Crippen LogP contribution in [0.4, 0.5) is 4.39 Å². The molecule has 0 saturated heterocycles. The standard InChI is InChI=1S/C18H19FN2O3/c1-3-24-17(22)9-12(2)21-18(23)14-7-8-16(20-11-14)13-5-4-6-15(19)10-13/h4-8,10-12H,3,9H2,1-2H3,(H,21,23). The average molecular weight is 330 g/mol. The highest BCUT2D eigenvalue weighted by molar-refractivity contribution is 5.94. The minimum Gasteiger partial charge on any atom is -0.466 e. The summed E-state index contributed by atoms with van der Waals surface area (Å²) < 4.78 is 18.1. The molecule has 0 saturated carbocycles. The first-order chi connectivity index (χ1) is 11.5. The van der Waals surface area contributed by atoms with Crippen molar-refractivity contribution in [3.63, 3.8) is 0 Å². The third-order valence-electron chi connectivity index (χ3n) is 3.30. The highest BCUT2D eigenvalue weighted by Crippen LogP contribution is 2.18. The maximum atomic E-state index is 13.2. The molecule has 1 aromatic carbocycles. The fourth-order valence-electron chi connectivity index (χ4n) is 2.17. The van der Waals surface area contributed by atoms with Crippen molar-refractivity contribution in [1.82, 2.24) is 10.3 Å². The third-order valence-corrected chi connectivity index (χ3v) is 3.30. The second kappa shape index (κ2) is 8.19. The lowest BCUT2D eigenvalue weighted by Crippen LogP contribution is -2.34. The fraction of sp³-hybridized carbons (Fsp3) is 0.278. The van der Waals surface area contributed by atoms with E-state index in [-0.39, 0.29) is 30.2 Å². The van der Waals surface area contributed by atoms with Gasteiger partial charge in [-0.15, -0.1) is 0 Å². The van der Waals surface area contributed by atoms with Gasteiger partial charge in [0.25, 0.3) is 5.91 Å². The molecule has 1 amide bonds. The van der Waals surface area contributed by atoms with Gasteiger partial charge in [0, 0.05) is 17.8 Å². The molecule has 1 aromatic heterocycles. The third kappa shape index (κ3) is 4.87. The summed E-state index contributed by atoms with van der Waals surface area (Å²) in [6.45, 7) is 3.77. The average Bonchev–Trinajstić information content (AvgIpc) is 2.55. The summed E-state index contributed by atoms with van der Waals surface area (Å²) in [6.07, 6.45) is 1.53. The summed E-state index contributed by atoms with van der Waals surface area (Å²) in [5.41, 5.74) is 1.58. The van der Waals surface area contributed by atoms with Crippen molar-refractivity contribution in [2.24, 2.45) is 0 Å². The fourth-order valence-corrected chi connectivity index (χ4v) is 2.17. The Morgan fingerprint density at radius 1 is 1.29 bits per heavy atom. The van der Waals surface area contributed by atoms with Crippen LogP contribution in [0.15, 0.2) is 42.6 Å². The Balaban J connectivity index is 2.00. The van der Waals surface area contributed by atoms with Gasteiger partial charge in [0.1, 0.15) is 5.82 Å². The van der Waals surface area contributed by atoms with Crippen molar-refractivity contribution in [3.8, 4) is 11.3 Å². The van der Waals surface area contributed by atoms with Crippen LogP contribution in [0.3, 0.4) is 0 Å². The van der Waals surface area contributed by atoms with Crippen LogP contribution in [-0.2, 0) is 9.53 Å². The SMILES string of the molecule is CCOC(=O)CC(C)NC(=O)c1ccc(-c2cccc(F)c2)nc1. The molecule has 0 radical (unpaired) electrons. The van der Waals surface area contributed by atoms with Crippen molar-refractivity contribution in [2.75, 3.05) is 6.61 Å². The molecule has 2 rings (SSSR count). The first kappa shape index (κ1) is 17.6. The number of halogens is 1. The number of benzene rings is 1. The summed E-state index contributed by atoms with van der Waals surface area (Å²) in [7, 11) is 0. The Labute approximate surface area is 139 Å². The molecule has 1 heterocycles. The van der Waals surface area contributed by atoms with Gasteiger partial charge >= 0.3 is 5.97 Å². The van der Waals surface area contributed by atoms with Crippen LogP contribution in [0, 0.1) is 5.82 Å². The number of rotatable bonds is 6. The molecule has 1 N–H and O–H groups in total. The van der Waals surface area contributed by atoms with Crippen molar-refractivity contribution < 1.29 is 18.7 Å². The van der Waals surface area contributed by atoms with Gasteiger partial charge in [-0.3, -0.25) is 14.6 Å². The van der Waals surface area contributed by atoms with E-state index in [0.717, 1.165) is 0 Å². The molecule has 6 heteroatoms. The molecule has 1 unspecified atom stereocenters. The highest BCUT2D eigenvalue weighted by atomic mass is 19.1. The van der Waals surface area contributed by atoms with Gasteiger partial charge in [0.05, 0.1) is 24.3 Å². The summed E-state index contributed by atoms with van der Waals surface area (Å²) in [6, 6.07) is 9.00. The predicted molar refractivity (Wildman–Crippen MR) is 87.8 cm³/mol. The summed E-state index contributed by atoms with van der Waals surface area (Å²) in [4.78, 5) is 27.7. The van der Waals surface area contributed by atoms with Gasteiger partial charge in [-0.2, -0.15) is 0 Å². The molecule has 0 aliphatic carbocycles. The van der Waals surface area contributed by atoms with Gasteiger partial charge in [-0.05, 0) is 38.1 Å². The number of esters is 1. The Kier molecular flexibility index (Phi) is 6.01. The van der Waals surface area contributed by atoms with E-state index in [2.05, 4.69) is 10.3 Å². The normalized spacial score (nSPS) is 11.6. The molecule has 126 valence electrons. The lowest BCUT2D eigenvalue weighted by atomic mass is 10.1. The largest absolute Gasteiger partial charge is 0.466 e. The predicted octanol–water partition coefficient (Wildman–Crippen LogP) is 2.96. The number of nitrogens with one attached hydrogen (secondary N) is 1. The molecule has 0 bridgehead atoms. The number of amides is 1. The maximum absolute atomic E-state index is 13.2. The summed E-state index contributed by atoms with van der Waals surface area (Å²) >= 11 is 0. The van der Waals surface area contributed by atoms with Gasteiger partial charge in [0.2, 0.25) is 0 Å².